The summed E-state index contributed by atoms with van der Waals surface area (Å²) >= 11 is 0.962. The van der Waals surface area contributed by atoms with Crippen LogP contribution in [-0.4, -0.2) is 17.0 Å². The van der Waals surface area contributed by atoms with Gasteiger partial charge in [0.05, 0.1) is 10.2 Å². The topological polar surface area (TPSA) is 72.1 Å². The van der Waals surface area contributed by atoms with Crippen LogP contribution in [0.3, 0.4) is 0 Å². The van der Waals surface area contributed by atoms with Crippen molar-refractivity contribution >= 4 is 28.8 Å². The van der Waals surface area contributed by atoms with E-state index in [1.807, 2.05) is 32.0 Å². The second-order valence-corrected chi connectivity index (χ2v) is 10.3. The maximum Gasteiger partial charge on any atom is 0.387 e. The standard InChI is InChI=1S/C27H26F2N2O3S/c1-16(2)17-10-12-19(13-11-17)31-24(33)22(14-18-8-6-7-9-21(18)34-26(28)29)35-25(31)20(15-30)23(32)27(3,4)5/h6-14,16,26H,1-5H3/b22-14+,25-20-. The van der Waals surface area contributed by atoms with Crippen molar-refractivity contribution in [1.29, 1.82) is 5.26 Å². The lowest BCUT2D eigenvalue weighted by Gasteiger charge is -2.15. The number of benzene rings is 2. The highest BCUT2D eigenvalue weighted by Gasteiger charge is 2.27. The van der Waals surface area contributed by atoms with Crippen LogP contribution in [0.4, 0.5) is 8.78 Å². The number of hydrogen-bond donors (Lipinski definition) is 0. The van der Waals surface area contributed by atoms with Gasteiger partial charge in [0, 0.05) is 11.0 Å². The molecule has 0 aliphatic heterocycles. The summed E-state index contributed by atoms with van der Waals surface area (Å²) in [4.78, 5) is 26.7. The third kappa shape index (κ3) is 5.75. The van der Waals surface area contributed by atoms with Gasteiger partial charge in [-0.2, -0.15) is 14.0 Å². The number of halogens is 2. The van der Waals surface area contributed by atoms with E-state index in [0.29, 0.717) is 5.69 Å². The lowest BCUT2D eigenvalue weighted by molar-refractivity contribution is -0.120. The number of rotatable bonds is 6. The van der Waals surface area contributed by atoms with Gasteiger partial charge in [0.2, 0.25) is 0 Å². The van der Waals surface area contributed by atoms with Crippen LogP contribution in [0.2, 0.25) is 0 Å². The molecule has 3 aromatic rings. The molecule has 0 aliphatic rings. The Balaban J connectivity index is 2.39. The number of nitriles is 1. The van der Waals surface area contributed by atoms with E-state index in [-0.39, 0.29) is 32.0 Å². The summed E-state index contributed by atoms with van der Waals surface area (Å²) < 4.78 is 32.0. The van der Waals surface area contributed by atoms with Gasteiger partial charge in [-0.15, -0.1) is 11.3 Å². The van der Waals surface area contributed by atoms with E-state index in [9.17, 15) is 23.6 Å². The molecule has 0 saturated heterocycles. The zero-order valence-electron chi connectivity index (χ0n) is 20.1. The summed E-state index contributed by atoms with van der Waals surface area (Å²) in [7, 11) is 0. The van der Waals surface area contributed by atoms with Gasteiger partial charge >= 0.3 is 6.61 Å². The highest BCUT2D eigenvalue weighted by molar-refractivity contribution is 7.07. The first-order valence-corrected chi connectivity index (χ1v) is 11.8. The molecule has 5 nitrogen and oxygen atoms in total. The van der Waals surface area contributed by atoms with E-state index < -0.39 is 23.4 Å². The first kappa shape index (κ1) is 26.0. The molecular formula is C27H26F2N2O3S. The number of alkyl halides is 2. The van der Waals surface area contributed by atoms with E-state index in [1.165, 1.54) is 16.7 Å². The van der Waals surface area contributed by atoms with Crippen molar-refractivity contribution in [3.63, 3.8) is 0 Å². The summed E-state index contributed by atoms with van der Waals surface area (Å²) in [5.74, 6) is -0.205. The van der Waals surface area contributed by atoms with Crippen LogP contribution in [0.25, 0.3) is 17.3 Å². The molecule has 35 heavy (non-hydrogen) atoms. The minimum absolute atomic E-state index is 0.0834. The molecule has 8 heteroatoms. The average Bonchev–Trinajstić information content (AvgIpc) is 3.10. The summed E-state index contributed by atoms with van der Waals surface area (Å²) in [5, 5.41) is 9.90. The van der Waals surface area contributed by atoms with Crippen molar-refractivity contribution in [3.05, 3.63) is 79.2 Å². The van der Waals surface area contributed by atoms with Gasteiger partial charge in [-0.25, -0.2) is 0 Å². The molecule has 0 unspecified atom stereocenters. The van der Waals surface area contributed by atoms with Crippen LogP contribution in [0, 0.1) is 16.7 Å². The molecule has 0 aliphatic carbocycles. The van der Waals surface area contributed by atoms with Gasteiger partial charge in [-0.05, 0) is 35.8 Å². The van der Waals surface area contributed by atoms with E-state index in [0.717, 1.165) is 16.9 Å². The molecule has 182 valence electrons. The first-order valence-electron chi connectivity index (χ1n) is 11.0. The summed E-state index contributed by atoms with van der Waals surface area (Å²) in [5.41, 5.74) is 0.392. The monoisotopic (exact) mass is 496 g/mol. The molecule has 2 aromatic carbocycles. The minimum Gasteiger partial charge on any atom is -0.434 e. The lowest BCUT2D eigenvalue weighted by Crippen LogP contribution is -2.33. The Morgan fingerprint density at radius 3 is 2.29 bits per heavy atom. The van der Waals surface area contributed by atoms with Crippen LogP contribution in [0.15, 0.2) is 53.3 Å². The predicted molar refractivity (Wildman–Crippen MR) is 133 cm³/mol. The molecule has 0 fully saturated rings. The highest BCUT2D eigenvalue weighted by atomic mass is 32.1. The largest absolute Gasteiger partial charge is 0.434 e. The SMILES string of the molecule is CC(C)c1ccc(-n2c(=O)/c(=C\c3ccccc3OC(F)F)s/c2=C(/C#N)C(=O)C(C)(C)C)cc1. The maximum atomic E-state index is 13.6. The molecule has 0 amide bonds. The fourth-order valence-electron chi connectivity index (χ4n) is 3.41. The van der Waals surface area contributed by atoms with Crippen molar-refractivity contribution in [1.82, 2.24) is 4.57 Å². The number of thiazole rings is 1. The number of nitrogens with zero attached hydrogens (tertiary/aromatic N) is 2. The number of carbonyl (C=O) groups is 1. The van der Waals surface area contributed by atoms with Gasteiger partial charge < -0.3 is 4.74 Å². The van der Waals surface area contributed by atoms with Gasteiger partial charge in [0.15, 0.2) is 5.78 Å². The average molecular weight is 497 g/mol. The highest BCUT2D eigenvalue weighted by Crippen LogP contribution is 2.22. The second-order valence-electron chi connectivity index (χ2n) is 9.28. The number of Topliss-reactive ketones (excluding diaryl/α,β-unsaturated/α-hetero) is 1. The van der Waals surface area contributed by atoms with Gasteiger partial charge in [0.1, 0.15) is 22.1 Å². The molecule has 0 spiro atoms. The van der Waals surface area contributed by atoms with E-state index >= 15 is 0 Å². The maximum absolute atomic E-state index is 13.6. The van der Waals surface area contributed by atoms with Crippen LogP contribution < -0.4 is 19.5 Å². The Labute approximate surface area is 206 Å². The van der Waals surface area contributed by atoms with Crippen LogP contribution in [-0.2, 0) is 4.79 Å². The second kappa shape index (κ2) is 10.4. The predicted octanol–water partition coefficient (Wildman–Crippen LogP) is 4.74. The first-order chi connectivity index (χ1) is 16.4. The molecule has 3 rings (SSSR count). The van der Waals surface area contributed by atoms with Crippen molar-refractivity contribution in [3.8, 4) is 17.5 Å². The minimum atomic E-state index is -3.03. The molecule has 0 bridgehead atoms. The Morgan fingerprint density at radius 2 is 1.74 bits per heavy atom. The Bertz CT molecular complexity index is 1450. The van der Waals surface area contributed by atoms with E-state index in [4.69, 9.17) is 0 Å². The number of hydrogen-bond acceptors (Lipinski definition) is 5. The molecular weight excluding hydrogens is 470 g/mol. The lowest BCUT2D eigenvalue weighted by atomic mass is 9.87. The zero-order valence-corrected chi connectivity index (χ0v) is 21.0. The van der Waals surface area contributed by atoms with Crippen LogP contribution in [0.5, 0.6) is 5.75 Å². The van der Waals surface area contributed by atoms with Crippen molar-refractivity contribution < 1.29 is 18.3 Å². The van der Waals surface area contributed by atoms with E-state index in [2.05, 4.69) is 4.74 Å². The van der Waals surface area contributed by atoms with Gasteiger partial charge in [0.25, 0.3) is 5.56 Å². The quantitative estimate of drug-likeness (QED) is 0.494. The molecule has 1 heterocycles. The fourth-order valence-corrected chi connectivity index (χ4v) is 4.50. The van der Waals surface area contributed by atoms with Crippen molar-refractivity contribution in [2.45, 2.75) is 47.1 Å². The molecule has 0 saturated carbocycles. The molecule has 0 atom stereocenters. The van der Waals surface area contributed by atoms with Crippen molar-refractivity contribution in [2.75, 3.05) is 0 Å². The summed E-state index contributed by atoms with van der Waals surface area (Å²) in [6, 6.07) is 15.4. The zero-order chi connectivity index (χ0) is 25.9. The summed E-state index contributed by atoms with van der Waals surface area (Å²) in [6.45, 7) is 6.17. The summed E-state index contributed by atoms with van der Waals surface area (Å²) in [6.07, 6.45) is 1.43. The van der Waals surface area contributed by atoms with Crippen molar-refractivity contribution in [2.24, 2.45) is 5.41 Å². The Morgan fingerprint density at radius 1 is 1.11 bits per heavy atom. The Kier molecular flexibility index (Phi) is 7.71. The third-order valence-corrected chi connectivity index (χ3v) is 6.39. The molecule has 0 N–H and O–H groups in total. The number of carbonyl (C=O) groups excluding carboxylic acids is 1. The van der Waals surface area contributed by atoms with Gasteiger partial charge in [-0.1, -0.05) is 65.0 Å². The smallest absolute Gasteiger partial charge is 0.387 e. The third-order valence-electron chi connectivity index (χ3n) is 5.30. The van der Waals surface area contributed by atoms with Crippen LogP contribution in [0.1, 0.15) is 51.7 Å². The fraction of sp³-hybridized carbons (Fsp3) is 0.296. The van der Waals surface area contributed by atoms with Gasteiger partial charge in [-0.3, -0.25) is 14.2 Å². The normalized spacial score (nSPS) is 13.2. The van der Waals surface area contributed by atoms with Crippen LogP contribution >= 0.6 is 11.3 Å². The molecule has 0 radical (unpaired) electrons. The Hall–Kier alpha value is -3.57. The number of aromatic nitrogens is 1. The molecule has 1 aromatic heterocycles. The number of para-hydroxylation sites is 1. The number of ether oxygens (including phenoxy) is 1. The number of ketones is 1. The van der Waals surface area contributed by atoms with E-state index in [1.54, 1.807) is 51.1 Å².